The largest absolute Gasteiger partial charge is 0.387 e. The van der Waals surface area contributed by atoms with E-state index in [2.05, 4.69) is 17.4 Å². The lowest BCUT2D eigenvalue weighted by atomic mass is 10.5. The van der Waals surface area contributed by atoms with E-state index >= 15 is 0 Å². The van der Waals surface area contributed by atoms with Gasteiger partial charge in [-0.05, 0) is 5.18 Å². The maximum absolute atomic E-state index is 9.54. The zero-order chi connectivity index (χ0) is 6.57. The standard InChI is InChI=1S/C3H3N3OS/c4-1-2(6-7)3(5)8/h4H,(H2,5,8). The molecule has 0 saturated heterocycles. The molecule has 0 fully saturated rings. The summed E-state index contributed by atoms with van der Waals surface area (Å²) in [5, 5.41) is 8.65. The van der Waals surface area contributed by atoms with Crippen molar-refractivity contribution in [3.8, 4) is 0 Å². The SMILES string of the molecule is N=C=C(N=O)C(N)=S. The van der Waals surface area contributed by atoms with Crippen LogP contribution in [0.4, 0.5) is 0 Å². The Morgan fingerprint density at radius 2 is 2.38 bits per heavy atom. The van der Waals surface area contributed by atoms with Gasteiger partial charge < -0.3 is 5.73 Å². The average Bonchev–Trinajstić information content (AvgIpc) is 1.69. The van der Waals surface area contributed by atoms with Crippen LogP contribution in [0.3, 0.4) is 0 Å². The van der Waals surface area contributed by atoms with E-state index in [0.717, 1.165) is 0 Å². The lowest BCUT2D eigenvalue weighted by Crippen LogP contribution is -2.09. The van der Waals surface area contributed by atoms with Crippen LogP contribution in [0.15, 0.2) is 10.9 Å². The number of hydrogen-bond acceptors (Lipinski definition) is 4. The van der Waals surface area contributed by atoms with Gasteiger partial charge in [0.15, 0.2) is 0 Å². The highest BCUT2D eigenvalue weighted by molar-refractivity contribution is 7.80. The van der Waals surface area contributed by atoms with E-state index in [-0.39, 0.29) is 10.7 Å². The Hall–Kier alpha value is -1.06. The molecule has 0 amide bonds. The van der Waals surface area contributed by atoms with Crippen molar-refractivity contribution in [2.75, 3.05) is 0 Å². The minimum Gasteiger partial charge on any atom is -0.387 e. The van der Waals surface area contributed by atoms with Gasteiger partial charge in [0.25, 0.3) is 0 Å². The number of hydrogen-bond donors (Lipinski definition) is 2. The van der Waals surface area contributed by atoms with Gasteiger partial charge in [0.05, 0.1) is 0 Å². The minimum atomic E-state index is -0.319. The van der Waals surface area contributed by atoms with Crippen LogP contribution in [-0.2, 0) is 0 Å². The van der Waals surface area contributed by atoms with Crippen LogP contribution in [0.2, 0.25) is 0 Å². The van der Waals surface area contributed by atoms with Crippen molar-refractivity contribution in [2.24, 2.45) is 10.9 Å². The number of nitrogens with two attached hydrogens (primary N) is 1. The van der Waals surface area contributed by atoms with Crippen LogP contribution in [-0.4, -0.2) is 10.9 Å². The Balaban J connectivity index is 4.37. The molecule has 4 nitrogen and oxygen atoms in total. The molecule has 0 aromatic carbocycles. The van der Waals surface area contributed by atoms with Gasteiger partial charge in [-0.1, -0.05) is 12.2 Å². The summed E-state index contributed by atoms with van der Waals surface area (Å²) in [6.07, 6.45) is 0. The highest BCUT2D eigenvalue weighted by Gasteiger charge is 1.95. The zero-order valence-corrected chi connectivity index (χ0v) is 4.66. The van der Waals surface area contributed by atoms with Crippen molar-refractivity contribution in [1.29, 1.82) is 5.41 Å². The lowest BCUT2D eigenvalue weighted by Gasteiger charge is -1.82. The van der Waals surface area contributed by atoms with Crippen molar-refractivity contribution >= 4 is 23.1 Å². The number of rotatable bonds is 2. The topological polar surface area (TPSA) is 79.3 Å². The van der Waals surface area contributed by atoms with E-state index in [1.807, 2.05) is 0 Å². The first-order valence-corrected chi connectivity index (χ1v) is 2.06. The van der Waals surface area contributed by atoms with Crippen molar-refractivity contribution < 1.29 is 0 Å². The molecule has 0 aliphatic carbocycles. The zero-order valence-electron chi connectivity index (χ0n) is 3.84. The maximum atomic E-state index is 9.54. The van der Waals surface area contributed by atoms with E-state index < -0.39 is 0 Å². The Kier molecular flexibility index (Phi) is 2.61. The second-order valence-electron chi connectivity index (χ2n) is 0.929. The molecule has 8 heavy (non-hydrogen) atoms. The molecule has 0 radical (unpaired) electrons. The molecule has 0 bridgehead atoms. The van der Waals surface area contributed by atoms with Crippen LogP contribution < -0.4 is 5.73 Å². The van der Waals surface area contributed by atoms with E-state index in [4.69, 9.17) is 11.1 Å². The molecule has 5 heteroatoms. The quantitative estimate of drug-likeness (QED) is 0.241. The molecule has 0 aromatic rings. The number of nitrogens with zero attached hydrogens (tertiary/aromatic N) is 1. The summed E-state index contributed by atoms with van der Waals surface area (Å²) in [6.45, 7) is 0. The Bertz CT molecular complexity index is 169. The van der Waals surface area contributed by atoms with E-state index in [0.29, 0.717) is 0 Å². The molecule has 0 unspecified atom stereocenters. The molecule has 0 aliphatic heterocycles. The first-order chi connectivity index (χ1) is 3.72. The molecule has 0 atom stereocenters. The smallest absolute Gasteiger partial charge is 0.202 e. The van der Waals surface area contributed by atoms with Crippen LogP contribution >= 0.6 is 12.2 Å². The number of nitroso groups, excluding NO2 is 1. The van der Waals surface area contributed by atoms with E-state index in [1.54, 1.807) is 5.87 Å². The van der Waals surface area contributed by atoms with E-state index in [9.17, 15) is 4.91 Å². The summed E-state index contributed by atoms with van der Waals surface area (Å²) in [6, 6.07) is 0. The summed E-state index contributed by atoms with van der Waals surface area (Å²) in [4.78, 5) is 9.34. The predicted octanol–water partition coefficient (Wildman–Crippen LogP) is 0.171. The molecule has 0 rings (SSSR count). The first kappa shape index (κ1) is 6.94. The second-order valence-corrected chi connectivity index (χ2v) is 1.37. The second kappa shape index (κ2) is 3.01. The van der Waals surface area contributed by atoms with Gasteiger partial charge >= 0.3 is 0 Å². The summed E-state index contributed by atoms with van der Waals surface area (Å²) in [5.74, 6) is 1.67. The molecular weight excluding hydrogens is 126 g/mol. The molecule has 3 N–H and O–H groups in total. The Labute approximate surface area is 50.9 Å². The summed E-state index contributed by atoms with van der Waals surface area (Å²) in [5.41, 5.74) is 4.56. The number of thiocarbonyl (C=S) groups is 1. The van der Waals surface area contributed by atoms with Crippen molar-refractivity contribution in [3.05, 3.63) is 10.6 Å². The monoisotopic (exact) mass is 129 g/mol. The van der Waals surface area contributed by atoms with Gasteiger partial charge in [-0.2, -0.15) is 0 Å². The lowest BCUT2D eigenvalue weighted by molar-refractivity contribution is 1.44. The fourth-order valence-corrected chi connectivity index (χ4v) is 0.218. The third-order valence-electron chi connectivity index (χ3n) is 0.443. The van der Waals surface area contributed by atoms with Crippen molar-refractivity contribution in [3.63, 3.8) is 0 Å². The highest BCUT2D eigenvalue weighted by Crippen LogP contribution is 1.86. The van der Waals surface area contributed by atoms with Crippen LogP contribution in [0.25, 0.3) is 0 Å². The number of nitrogens with one attached hydrogen (secondary N) is 1. The molecule has 0 spiro atoms. The van der Waals surface area contributed by atoms with Gasteiger partial charge in [0.2, 0.25) is 5.70 Å². The van der Waals surface area contributed by atoms with Gasteiger partial charge in [0, 0.05) is 5.87 Å². The van der Waals surface area contributed by atoms with Crippen molar-refractivity contribution in [2.45, 2.75) is 0 Å². The summed E-state index contributed by atoms with van der Waals surface area (Å²) >= 11 is 4.28. The maximum Gasteiger partial charge on any atom is 0.202 e. The highest BCUT2D eigenvalue weighted by atomic mass is 32.1. The third kappa shape index (κ3) is 1.59. The normalized spacial score (nSPS) is 7.00. The molecule has 0 heterocycles. The van der Waals surface area contributed by atoms with Gasteiger partial charge in [-0.3, -0.25) is 5.41 Å². The van der Waals surface area contributed by atoms with Gasteiger partial charge in [-0.15, -0.1) is 4.91 Å². The molecular formula is C3H3N3OS. The minimum absolute atomic E-state index is 0.199. The van der Waals surface area contributed by atoms with Crippen LogP contribution in [0, 0.1) is 10.3 Å². The predicted molar refractivity (Wildman–Crippen MR) is 33.8 cm³/mol. The third-order valence-corrected chi connectivity index (χ3v) is 0.636. The first-order valence-electron chi connectivity index (χ1n) is 1.65. The Morgan fingerprint density at radius 1 is 1.88 bits per heavy atom. The van der Waals surface area contributed by atoms with Crippen LogP contribution in [0.1, 0.15) is 0 Å². The fraction of sp³-hybridized carbons (Fsp3) is 0. The summed E-state index contributed by atoms with van der Waals surface area (Å²) < 4.78 is 0. The molecule has 0 aliphatic rings. The molecule has 0 aromatic heterocycles. The molecule has 42 valence electrons. The summed E-state index contributed by atoms with van der Waals surface area (Å²) in [7, 11) is 0. The molecule has 0 saturated carbocycles. The Morgan fingerprint density at radius 3 is 2.38 bits per heavy atom. The van der Waals surface area contributed by atoms with Gasteiger partial charge in [0.1, 0.15) is 4.99 Å². The average molecular weight is 129 g/mol. The fourth-order valence-electron chi connectivity index (χ4n) is 0.129. The van der Waals surface area contributed by atoms with E-state index in [1.165, 1.54) is 0 Å². The van der Waals surface area contributed by atoms with Crippen LogP contribution in [0.5, 0.6) is 0 Å². The van der Waals surface area contributed by atoms with Gasteiger partial charge in [-0.25, -0.2) is 0 Å². The van der Waals surface area contributed by atoms with Crippen molar-refractivity contribution in [1.82, 2.24) is 0 Å².